The van der Waals surface area contributed by atoms with Crippen LogP contribution in [-0.4, -0.2) is 44.4 Å². The fourth-order valence-corrected chi connectivity index (χ4v) is 3.65. The Hall–Kier alpha value is -1.96. The Labute approximate surface area is 121 Å². The Morgan fingerprint density at radius 2 is 1.95 bits per heavy atom. The maximum atomic E-state index is 12.7. The van der Waals surface area contributed by atoms with Gasteiger partial charge < -0.3 is 10.1 Å². The van der Waals surface area contributed by atoms with Crippen LogP contribution in [0.2, 0.25) is 0 Å². The molecule has 0 aliphatic carbocycles. The van der Waals surface area contributed by atoms with Gasteiger partial charge in [-0.25, -0.2) is 17.6 Å². The van der Waals surface area contributed by atoms with E-state index in [2.05, 4.69) is 5.32 Å². The van der Waals surface area contributed by atoms with Crippen LogP contribution < -0.4 is 5.32 Å². The molecular formula is C13H14FNO5S. The molecule has 1 aromatic carbocycles. The van der Waals surface area contributed by atoms with Crippen molar-refractivity contribution in [2.75, 3.05) is 18.1 Å². The summed E-state index contributed by atoms with van der Waals surface area (Å²) in [6.45, 7) is -0.507. The molecule has 1 fully saturated rings. The molecule has 1 N–H and O–H groups in total. The average molecular weight is 315 g/mol. The minimum atomic E-state index is -3.08. The second-order valence-electron chi connectivity index (χ2n) is 4.75. The number of nitrogens with one attached hydrogen (secondary N) is 1. The average Bonchev–Trinajstić information content (AvgIpc) is 2.76. The summed E-state index contributed by atoms with van der Waals surface area (Å²) in [6.07, 6.45) is 0.361. The number of hydrogen-bond acceptors (Lipinski definition) is 5. The summed E-state index contributed by atoms with van der Waals surface area (Å²) in [4.78, 5) is 23.1. The van der Waals surface area contributed by atoms with Crippen molar-refractivity contribution in [2.24, 2.45) is 0 Å². The quantitative estimate of drug-likeness (QED) is 0.807. The zero-order valence-corrected chi connectivity index (χ0v) is 11.9. The molecule has 2 rings (SSSR count). The Kier molecular flexibility index (Phi) is 4.56. The van der Waals surface area contributed by atoms with Gasteiger partial charge in [-0.1, -0.05) is 0 Å². The molecule has 6 nitrogen and oxygen atoms in total. The SMILES string of the molecule is O=C(COC(=O)c1ccc(F)cc1)N[C@@H]1CCS(=O)(=O)C1. The van der Waals surface area contributed by atoms with Gasteiger partial charge in [0.1, 0.15) is 5.82 Å². The lowest BCUT2D eigenvalue weighted by Gasteiger charge is -2.11. The molecule has 114 valence electrons. The highest BCUT2D eigenvalue weighted by atomic mass is 32.2. The first-order chi connectivity index (χ1) is 9.85. The van der Waals surface area contributed by atoms with Gasteiger partial charge in [-0.05, 0) is 30.7 Å². The van der Waals surface area contributed by atoms with Crippen molar-refractivity contribution in [3.63, 3.8) is 0 Å². The summed E-state index contributed by atoms with van der Waals surface area (Å²) in [7, 11) is -3.08. The minimum absolute atomic E-state index is 0.0489. The van der Waals surface area contributed by atoms with Crippen LogP contribution in [-0.2, 0) is 19.4 Å². The Morgan fingerprint density at radius 3 is 2.52 bits per heavy atom. The topological polar surface area (TPSA) is 89.5 Å². The van der Waals surface area contributed by atoms with E-state index in [0.29, 0.717) is 6.42 Å². The molecule has 21 heavy (non-hydrogen) atoms. The molecule has 1 heterocycles. The largest absolute Gasteiger partial charge is 0.452 e. The van der Waals surface area contributed by atoms with Gasteiger partial charge in [0.15, 0.2) is 16.4 Å². The van der Waals surface area contributed by atoms with E-state index in [0.717, 1.165) is 12.1 Å². The van der Waals surface area contributed by atoms with Crippen LogP contribution in [0.3, 0.4) is 0 Å². The van der Waals surface area contributed by atoms with Crippen LogP contribution in [0.1, 0.15) is 16.8 Å². The predicted molar refractivity (Wildman–Crippen MR) is 71.9 cm³/mol. The van der Waals surface area contributed by atoms with E-state index in [9.17, 15) is 22.4 Å². The highest BCUT2D eigenvalue weighted by Gasteiger charge is 2.29. The lowest BCUT2D eigenvalue weighted by atomic mass is 10.2. The Morgan fingerprint density at radius 1 is 1.29 bits per heavy atom. The summed E-state index contributed by atoms with van der Waals surface area (Å²) < 4.78 is 39.9. The highest BCUT2D eigenvalue weighted by Crippen LogP contribution is 2.11. The van der Waals surface area contributed by atoms with E-state index >= 15 is 0 Å². The molecule has 0 spiro atoms. The van der Waals surface area contributed by atoms with Gasteiger partial charge in [-0.3, -0.25) is 4.79 Å². The molecule has 0 aromatic heterocycles. The van der Waals surface area contributed by atoms with Gasteiger partial charge in [0.2, 0.25) is 0 Å². The number of benzene rings is 1. The summed E-state index contributed by atoms with van der Waals surface area (Å²) in [5, 5.41) is 2.50. The third kappa shape index (κ3) is 4.52. The third-order valence-corrected chi connectivity index (χ3v) is 4.78. The molecule has 0 radical (unpaired) electrons. The fraction of sp³-hybridized carbons (Fsp3) is 0.385. The van der Waals surface area contributed by atoms with Crippen LogP contribution in [0, 0.1) is 5.82 Å². The predicted octanol–water partition coefficient (Wildman–Crippen LogP) is 0.286. The zero-order chi connectivity index (χ0) is 15.5. The first-order valence-electron chi connectivity index (χ1n) is 6.28. The van der Waals surface area contributed by atoms with Crippen molar-refractivity contribution >= 4 is 21.7 Å². The van der Waals surface area contributed by atoms with E-state index in [4.69, 9.17) is 4.74 Å². The number of ether oxygens (including phenoxy) is 1. The van der Waals surface area contributed by atoms with Crippen LogP contribution in [0.15, 0.2) is 24.3 Å². The summed E-state index contributed by atoms with van der Waals surface area (Å²) in [5.41, 5.74) is 0.132. The molecule has 1 saturated heterocycles. The number of carbonyl (C=O) groups is 2. The van der Waals surface area contributed by atoms with Crippen molar-refractivity contribution in [2.45, 2.75) is 12.5 Å². The van der Waals surface area contributed by atoms with Crippen molar-refractivity contribution in [1.29, 1.82) is 0 Å². The zero-order valence-electron chi connectivity index (χ0n) is 11.0. The summed E-state index contributed by atoms with van der Waals surface area (Å²) >= 11 is 0. The standard InChI is InChI=1S/C13H14FNO5S/c14-10-3-1-9(2-4-10)13(17)20-7-12(16)15-11-5-6-21(18,19)8-11/h1-4,11H,5-8H2,(H,15,16)/t11-/m1/s1. The van der Waals surface area contributed by atoms with Gasteiger partial charge in [0.25, 0.3) is 5.91 Å². The van der Waals surface area contributed by atoms with Crippen molar-refractivity contribution in [3.8, 4) is 0 Å². The molecule has 1 aliphatic heterocycles. The van der Waals surface area contributed by atoms with Gasteiger partial charge in [0, 0.05) is 6.04 Å². The Balaban J connectivity index is 1.79. The third-order valence-electron chi connectivity index (χ3n) is 3.01. The molecular weight excluding hydrogens is 301 g/mol. The van der Waals surface area contributed by atoms with E-state index in [-0.39, 0.29) is 17.1 Å². The van der Waals surface area contributed by atoms with Gasteiger partial charge in [-0.2, -0.15) is 0 Å². The van der Waals surface area contributed by atoms with Crippen LogP contribution in [0.5, 0.6) is 0 Å². The summed E-state index contributed by atoms with van der Waals surface area (Å²) in [6, 6.07) is 4.28. The second kappa shape index (κ2) is 6.21. The molecule has 1 aliphatic rings. The molecule has 1 amide bonds. The van der Waals surface area contributed by atoms with E-state index < -0.39 is 40.2 Å². The lowest BCUT2D eigenvalue weighted by Crippen LogP contribution is -2.38. The van der Waals surface area contributed by atoms with Crippen LogP contribution in [0.25, 0.3) is 0 Å². The van der Waals surface area contributed by atoms with E-state index in [1.807, 2.05) is 0 Å². The second-order valence-corrected chi connectivity index (χ2v) is 6.98. The van der Waals surface area contributed by atoms with Crippen molar-refractivity contribution in [1.82, 2.24) is 5.32 Å². The monoisotopic (exact) mass is 315 g/mol. The number of rotatable bonds is 4. The van der Waals surface area contributed by atoms with Crippen molar-refractivity contribution in [3.05, 3.63) is 35.6 Å². The first-order valence-corrected chi connectivity index (χ1v) is 8.10. The number of sulfone groups is 1. The molecule has 8 heteroatoms. The molecule has 0 bridgehead atoms. The molecule has 0 saturated carbocycles. The maximum absolute atomic E-state index is 12.7. The molecule has 1 aromatic rings. The smallest absolute Gasteiger partial charge is 0.338 e. The maximum Gasteiger partial charge on any atom is 0.338 e. The molecule has 1 atom stereocenters. The van der Waals surface area contributed by atoms with Gasteiger partial charge in [-0.15, -0.1) is 0 Å². The highest BCUT2D eigenvalue weighted by molar-refractivity contribution is 7.91. The molecule has 0 unspecified atom stereocenters. The number of halogens is 1. The van der Waals surface area contributed by atoms with E-state index in [1.165, 1.54) is 12.1 Å². The minimum Gasteiger partial charge on any atom is -0.452 e. The van der Waals surface area contributed by atoms with Crippen LogP contribution in [0.4, 0.5) is 4.39 Å². The number of hydrogen-bond donors (Lipinski definition) is 1. The number of amides is 1. The van der Waals surface area contributed by atoms with Gasteiger partial charge in [0.05, 0.1) is 17.1 Å². The number of esters is 1. The van der Waals surface area contributed by atoms with Crippen LogP contribution >= 0.6 is 0 Å². The normalized spacial score (nSPS) is 20.0. The van der Waals surface area contributed by atoms with Crippen molar-refractivity contribution < 1.29 is 27.1 Å². The summed E-state index contributed by atoms with van der Waals surface area (Å²) in [5.74, 6) is -1.83. The van der Waals surface area contributed by atoms with Gasteiger partial charge >= 0.3 is 5.97 Å². The number of carbonyl (C=O) groups excluding carboxylic acids is 2. The first kappa shape index (κ1) is 15.4. The fourth-order valence-electron chi connectivity index (χ4n) is 1.98. The Bertz CT molecular complexity index is 641. The lowest BCUT2D eigenvalue weighted by molar-refractivity contribution is -0.124. The van der Waals surface area contributed by atoms with E-state index in [1.54, 1.807) is 0 Å².